The number of ether oxygens (including phenoxy) is 1. The molecule has 0 saturated carbocycles. The molecule has 0 bridgehead atoms. The van der Waals surface area contributed by atoms with Crippen LogP contribution in [-0.2, 0) is 6.42 Å². The molecule has 0 fully saturated rings. The molecule has 0 heterocycles. The average molecular weight is 247 g/mol. The second-order valence-corrected chi connectivity index (χ2v) is 5.27. The quantitative estimate of drug-likeness (QED) is 0.740. The monoisotopic (exact) mass is 247 g/mol. The topological polar surface area (TPSA) is 35.2 Å². The van der Waals surface area contributed by atoms with E-state index in [0.29, 0.717) is 0 Å². The molecule has 0 amide bonds. The molecule has 100 valence electrons. The molecule has 1 aliphatic rings. The van der Waals surface area contributed by atoms with E-state index in [9.17, 15) is 0 Å². The molecule has 1 aromatic rings. The molecule has 1 aromatic carbocycles. The van der Waals surface area contributed by atoms with Crippen molar-refractivity contribution in [3.8, 4) is 5.75 Å². The van der Waals surface area contributed by atoms with E-state index in [2.05, 4.69) is 25.1 Å². The van der Waals surface area contributed by atoms with Crippen LogP contribution in [0.2, 0.25) is 0 Å². The van der Waals surface area contributed by atoms with Crippen molar-refractivity contribution in [3.05, 3.63) is 29.3 Å². The van der Waals surface area contributed by atoms with Crippen LogP contribution >= 0.6 is 0 Å². The van der Waals surface area contributed by atoms with Gasteiger partial charge in [-0.25, -0.2) is 0 Å². The zero-order valence-electron chi connectivity index (χ0n) is 11.5. The predicted molar refractivity (Wildman–Crippen MR) is 75.9 cm³/mol. The molecule has 2 nitrogen and oxygen atoms in total. The number of aryl methyl sites for hydroxylation is 1. The van der Waals surface area contributed by atoms with Crippen LogP contribution < -0.4 is 10.5 Å². The molecule has 1 unspecified atom stereocenters. The molecule has 0 saturated heterocycles. The first-order valence-corrected chi connectivity index (χ1v) is 7.32. The number of fused-ring (bicyclic) bond motifs is 1. The fourth-order valence-electron chi connectivity index (χ4n) is 2.61. The van der Waals surface area contributed by atoms with Crippen molar-refractivity contribution in [1.29, 1.82) is 0 Å². The summed E-state index contributed by atoms with van der Waals surface area (Å²) < 4.78 is 5.81. The molecule has 2 rings (SSSR count). The van der Waals surface area contributed by atoms with E-state index < -0.39 is 0 Å². The van der Waals surface area contributed by atoms with Crippen LogP contribution in [0.4, 0.5) is 0 Å². The van der Waals surface area contributed by atoms with Crippen LogP contribution in [0.25, 0.3) is 0 Å². The third-order valence-corrected chi connectivity index (χ3v) is 3.76. The molecule has 1 atom stereocenters. The van der Waals surface area contributed by atoms with Crippen molar-refractivity contribution in [2.45, 2.75) is 57.9 Å². The van der Waals surface area contributed by atoms with E-state index in [-0.39, 0.29) is 6.04 Å². The van der Waals surface area contributed by atoms with Crippen molar-refractivity contribution >= 4 is 0 Å². The fourth-order valence-corrected chi connectivity index (χ4v) is 2.61. The van der Waals surface area contributed by atoms with E-state index in [0.717, 1.165) is 31.6 Å². The smallest absolute Gasteiger partial charge is 0.119 e. The highest BCUT2D eigenvalue weighted by atomic mass is 16.5. The normalized spacial score (nSPS) is 17.8. The van der Waals surface area contributed by atoms with Gasteiger partial charge in [-0.3, -0.25) is 0 Å². The summed E-state index contributed by atoms with van der Waals surface area (Å²) in [6.07, 6.45) is 8.60. The maximum Gasteiger partial charge on any atom is 0.119 e. The summed E-state index contributed by atoms with van der Waals surface area (Å²) in [6.45, 7) is 3.08. The third-order valence-electron chi connectivity index (χ3n) is 3.76. The lowest BCUT2D eigenvalue weighted by Gasteiger charge is -2.09. The Kier molecular flexibility index (Phi) is 5.06. The number of nitrogens with two attached hydrogens (primary N) is 1. The molecule has 0 spiro atoms. The first kappa shape index (κ1) is 13.4. The van der Waals surface area contributed by atoms with E-state index in [1.54, 1.807) is 0 Å². The third kappa shape index (κ3) is 3.49. The molecule has 0 aromatic heterocycles. The van der Waals surface area contributed by atoms with Gasteiger partial charge in [-0.2, -0.15) is 0 Å². The van der Waals surface area contributed by atoms with Crippen LogP contribution in [0.5, 0.6) is 5.75 Å². The van der Waals surface area contributed by atoms with Gasteiger partial charge in [0.2, 0.25) is 0 Å². The highest BCUT2D eigenvalue weighted by molar-refractivity contribution is 5.40. The van der Waals surface area contributed by atoms with Crippen molar-refractivity contribution in [2.24, 2.45) is 5.73 Å². The molecule has 0 aliphatic heterocycles. The first-order chi connectivity index (χ1) is 8.81. The van der Waals surface area contributed by atoms with Crippen LogP contribution in [0.15, 0.2) is 18.2 Å². The summed E-state index contributed by atoms with van der Waals surface area (Å²) in [5.41, 5.74) is 8.71. The zero-order valence-corrected chi connectivity index (χ0v) is 11.5. The van der Waals surface area contributed by atoms with Gasteiger partial charge >= 0.3 is 0 Å². The largest absolute Gasteiger partial charge is 0.494 e. The van der Waals surface area contributed by atoms with Crippen molar-refractivity contribution in [1.82, 2.24) is 0 Å². The Morgan fingerprint density at radius 1 is 1.22 bits per heavy atom. The van der Waals surface area contributed by atoms with E-state index in [4.69, 9.17) is 10.5 Å². The van der Waals surface area contributed by atoms with Crippen LogP contribution in [-0.4, -0.2) is 6.61 Å². The summed E-state index contributed by atoms with van der Waals surface area (Å²) in [4.78, 5) is 0. The first-order valence-electron chi connectivity index (χ1n) is 7.32. The Labute approximate surface area is 111 Å². The van der Waals surface area contributed by atoms with Gasteiger partial charge in [-0.1, -0.05) is 38.7 Å². The van der Waals surface area contributed by atoms with Gasteiger partial charge in [-0.15, -0.1) is 0 Å². The number of hydrogen-bond acceptors (Lipinski definition) is 2. The molecular formula is C16H25NO. The van der Waals surface area contributed by atoms with Crippen LogP contribution in [0, 0.1) is 0 Å². The summed E-state index contributed by atoms with van der Waals surface area (Å²) in [7, 11) is 0. The lowest BCUT2D eigenvalue weighted by molar-refractivity contribution is 0.304. The Morgan fingerprint density at radius 2 is 2.06 bits per heavy atom. The number of benzene rings is 1. The summed E-state index contributed by atoms with van der Waals surface area (Å²) in [6, 6.07) is 6.62. The number of unbranched alkanes of at least 4 members (excludes halogenated alkanes) is 4. The standard InChI is InChI=1S/C16H25NO/c1-2-3-4-5-6-11-18-14-8-9-15-13(12-14)7-10-16(15)17/h8-9,12,16H,2-7,10-11,17H2,1H3. The minimum absolute atomic E-state index is 0.239. The molecule has 0 radical (unpaired) electrons. The number of hydrogen-bond donors (Lipinski definition) is 1. The van der Waals surface area contributed by atoms with Gasteiger partial charge in [0.1, 0.15) is 5.75 Å². The van der Waals surface area contributed by atoms with Gasteiger partial charge in [-0.05, 0) is 42.5 Å². The van der Waals surface area contributed by atoms with Gasteiger partial charge in [0.15, 0.2) is 0 Å². The average Bonchev–Trinajstić information content (AvgIpc) is 2.75. The van der Waals surface area contributed by atoms with E-state index >= 15 is 0 Å². The second kappa shape index (κ2) is 6.79. The predicted octanol–water partition coefficient (Wildman–Crippen LogP) is 3.98. The maximum absolute atomic E-state index is 6.02. The van der Waals surface area contributed by atoms with Gasteiger partial charge in [0.25, 0.3) is 0 Å². The lowest BCUT2D eigenvalue weighted by Crippen LogP contribution is -2.05. The van der Waals surface area contributed by atoms with Crippen molar-refractivity contribution in [2.75, 3.05) is 6.61 Å². The zero-order chi connectivity index (χ0) is 12.8. The van der Waals surface area contributed by atoms with Crippen LogP contribution in [0.1, 0.15) is 62.6 Å². The number of rotatable bonds is 7. The summed E-state index contributed by atoms with van der Waals surface area (Å²) in [5, 5.41) is 0. The highest BCUT2D eigenvalue weighted by Gasteiger charge is 2.18. The van der Waals surface area contributed by atoms with Gasteiger partial charge in [0, 0.05) is 6.04 Å². The Morgan fingerprint density at radius 3 is 2.89 bits per heavy atom. The lowest BCUT2D eigenvalue weighted by atomic mass is 10.1. The Balaban J connectivity index is 1.74. The fraction of sp³-hybridized carbons (Fsp3) is 0.625. The summed E-state index contributed by atoms with van der Waals surface area (Å²) >= 11 is 0. The second-order valence-electron chi connectivity index (χ2n) is 5.27. The van der Waals surface area contributed by atoms with Crippen molar-refractivity contribution in [3.63, 3.8) is 0 Å². The highest BCUT2D eigenvalue weighted by Crippen LogP contribution is 2.31. The SMILES string of the molecule is CCCCCCCOc1ccc2c(c1)CCC2N. The maximum atomic E-state index is 6.02. The molecular weight excluding hydrogens is 222 g/mol. The summed E-state index contributed by atoms with van der Waals surface area (Å²) in [5.74, 6) is 1.01. The Bertz CT molecular complexity index is 375. The van der Waals surface area contributed by atoms with Crippen LogP contribution in [0.3, 0.4) is 0 Å². The minimum Gasteiger partial charge on any atom is -0.494 e. The minimum atomic E-state index is 0.239. The van der Waals surface area contributed by atoms with Gasteiger partial charge < -0.3 is 10.5 Å². The van der Waals surface area contributed by atoms with Crippen molar-refractivity contribution < 1.29 is 4.74 Å². The molecule has 2 N–H and O–H groups in total. The Hall–Kier alpha value is -1.02. The molecule has 2 heteroatoms. The van der Waals surface area contributed by atoms with E-state index in [1.807, 2.05) is 0 Å². The van der Waals surface area contributed by atoms with Gasteiger partial charge in [0.05, 0.1) is 6.61 Å². The molecule has 18 heavy (non-hydrogen) atoms. The molecule has 1 aliphatic carbocycles. The van der Waals surface area contributed by atoms with E-state index in [1.165, 1.54) is 36.8 Å².